The lowest BCUT2D eigenvalue weighted by atomic mass is 10.0. The molecule has 1 aromatic rings. The zero-order chi connectivity index (χ0) is 20.4. The molecule has 28 heavy (non-hydrogen) atoms. The maximum Gasteiger partial charge on any atom is 0.409 e. The quantitative estimate of drug-likeness (QED) is 0.664. The highest BCUT2D eigenvalue weighted by Crippen LogP contribution is 2.13. The van der Waals surface area contributed by atoms with Crippen LogP contribution in [0.2, 0.25) is 0 Å². The lowest BCUT2D eigenvalue weighted by Crippen LogP contribution is -2.46. The second kappa shape index (κ2) is 11.3. The SMILES string of the molecule is CCCCCNC(=O)c1cc(C(=O)NC2CCN(C(=O)OCC)CC2)ccn1. The van der Waals surface area contributed by atoms with Crippen LogP contribution in [0.3, 0.4) is 0 Å². The Balaban J connectivity index is 1.84. The third-order valence-electron chi connectivity index (χ3n) is 4.68. The molecule has 1 fully saturated rings. The first-order chi connectivity index (χ1) is 13.5. The van der Waals surface area contributed by atoms with Crippen molar-refractivity contribution in [1.82, 2.24) is 20.5 Å². The molecule has 0 atom stereocenters. The van der Waals surface area contributed by atoms with E-state index < -0.39 is 0 Å². The highest BCUT2D eigenvalue weighted by atomic mass is 16.6. The van der Waals surface area contributed by atoms with Gasteiger partial charge in [0.05, 0.1) is 6.61 Å². The van der Waals surface area contributed by atoms with Crippen molar-refractivity contribution in [3.8, 4) is 0 Å². The van der Waals surface area contributed by atoms with Gasteiger partial charge in [-0.25, -0.2) is 4.79 Å². The van der Waals surface area contributed by atoms with Crippen molar-refractivity contribution < 1.29 is 19.1 Å². The van der Waals surface area contributed by atoms with Gasteiger partial charge in [-0.05, 0) is 38.3 Å². The Kier molecular flexibility index (Phi) is 8.71. The number of piperidine rings is 1. The van der Waals surface area contributed by atoms with E-state index in [-0.39, 0.29) is 29.6 Å². The number of hydrogen-bond acceptors (Lipinski definition) is 5. The molecular formula is C20H30N4O4. The molecule has 1 saturated heterocycles. The van der Waals surface area contributed by atoms with Gasteiger partial charge >= 0.3 is 6.09 Å². The van der Waals surface area contributed by atoms with E-state index in [1.54, 1.807) is 17.9 Å². The monoisotopic (exact) mass is 390 g/mol. The molecule has 0 bridgehead atoms. The fourth-order valence-electron chi connectivity index (χ4n) is 3.05. The number of carbonyl (C=O) groups excluding carboxylic acids is 3. The number of nitrogens with one attached hydrogen (secondary N) is 2. The summed E-state index contributed by atoms with van der Waals surface area (Å²) in [6.07, 6.45) is 5.57. The van der Waals surface area contributed by atoms with Gasteiger partial charge in [0.2, 0.25) is 0 Å². The summed E-state index contributed by atoms with van der Waals surface area (Å²) in [5.41, 5.74) is 0.641. The first-order valence-corrected chi connectivity index (χ1v) is 10.0. The van der Waals surface area contributed by atoms with Gasteiger partial charge < -0.3 is 20.3 Å². The Labute approximate surface area is 166 Å². The predicted octanol–water partition coefficient (Wildman–Crippen LogP) is 2.35. The maximum atomic E-state index is 12.5. The number of aromatic nitrogens is 1. The molecule has 2 N–H and O–H groups in total. The van der Waals surface area contributed by atoms with Gasteiger partial charge in [0, 0.05) is 37.4 Å². The summed E-state index contributed by atoms with van der Waals surface area (Å²) >= 11 is 0. The van der Waals surface area contributed by atoms with Crippen LogP contribution in [0, 0.1) is 0 Å². The number of likely N-dealkylation sites (tertiary alicyclic amines) is 1. The molecule has 3 amide bonds. The Morgan fingerprint density at radius 3 is 2.61 bits per heavy atom. The van der Waals surface area contributed by atoms with Gasteiger partial charge in [-0.15, -0.1) is 0 Å². The first-order valence-electron chi connectivity index (χ1n) is 10.0. The zero-order valence-electron chi connectivity index (χ0n) is 16.7. The lowest BCUT2D eigenvalue weighted by Gasteiger charge is -2.31. The minimum absolute atomic E-state index is 0.0161. The van der Waals surface area contributed by atoms with E-state index in [9.17, 15) is 14.4 Å². The van der Waals surface area contributed by atoms with Crippen molar-refractivity contribution in [3.63, 3.8) is 0 Å². The second-order valence-electron chi connectivity index (χ2n) is 6.83. The van der Waals surface area contributed by atoms with Gasteiger partial charge in [-0.1, -0.05) is 19.8 Å². The molecule has 0 aliphatic carbocycles. The summed E-state index contributed by atoms with van der Waals surface area (Å²) in [7, 11) is 0. The summed E-state index contributed by atoms with van der Waals surface area (Å²) in [6, 6.07) is 3.09. The number of rotatable bonds is 8. The molecular weight excluding hydrogens is 360 g/mol. The number of unbranched alkanes of at least 4 members (excludes halogenated alkanes) is 2. The van der Waals surface area contributed by atoms with E-state index in [0.717, 1.165) is 19.3 Å². The third kappa shape index (κ3) is 6.51. The van der Waals surface area contributed by atoms with Gasteiger partial charge in [-0.3, -0.25) is 14.6 Å². The minimum Gasteiger partial charge on any atom is -0.450 e. The molecule has 1 aromatic heterocycles. The van der Waals surface area contributed by atoms with Crippen molar-refractivity contribution >= 4 is 17.9 Å². The van der Waals surface area contributed by atoms with Crippen LogP contribution in [-0.2, 0) is 4.74 Å². The van der Waals surface area contributed by atoms with E-state index in [2.05, 4.69) is 22.5 Å². The van der Waals surface area contributed by atoms with Crippen molar-refractivity contribution in [2.24, 2.45) is 0 Å². The molecule has 0 radical (unpaired) electrons. The first kappa shape index (κ1) is 21.7. The van der Waals surface area contributed by atoms with E-state index in [1.807, 2.05) is 0 Å². The molecule has 8 nitrogen and oxygen atoms in total. The number of hydrogen-bond donors (Lipinski definition) is 2. The zero-order valence-corrected chi connectivity index (χ0v) is 16.7. The largest absolute Gasteiger partial charge is 0.450 e. The second-order valence-corrected chi connectivity index (χ2v) is 6.83. The Morgan fingerprint density at radius 1 is 1.18 bits per heavy atom. The summed E-state index contributed by atoms with van der Waals surface area (Å²) in [4.78, 5) is 42.1. The van der Waals surface area contributed by atoms with Crippen molar-refractivity contribution in [1.29, 1.82) is 0 Å². The Bertz CT molecular complexity index is 672. The van der Waals surface area contributed by atoms with Crippen LogP contribution in [0.1, 0.15) is 66.8 Å². The number of amides is 3. The molecule has 0 saturated carbocycles. The normalized spacial score (nSPS) is 14.4. The molecule has 1 aliphatic rings. The molecule has 0 aromatic carbocycles. The van der Waals surface area contributed by atoms with E-state index in [4.69, 9.17) is 4.74 Å². The van der Waals surface area contributed by atoms with Crippen molar-refractivity contribution in [2.45, 2.75) is 52.0 Å². The third-order valence-corrected chi connectivity index (χ3v) is 4.68. The fourth-order valence-corrected chi connectivity index (χ4v) is 3.05. The van der Waals surface area contributed by atoms with Gasteiger partial charge in [0.25, 0.3) is 11.8 Å². The molecule has 0 spiro atoms. The molecule has 8 heteroatoms. The number of carbonyl (C=O) groups is 3. The number of pyridine rings is 1. The maximum absolute atomic E-state index is 12.5. The smallest absolute Gasteiger partial charge is 0.409 e. The van der Waals surface area contributed by atoms with Gasteiger partial charge in [-0.2, -0.15) is 0 Å². The summed E-state index contributed by atoms with van der Waals surface area (Å²) in [6.45, 7) is 5.93. The molecule has 2 heterocycles. The predicted molar refractivity (Wildman–Crippen MR) is 105 cm³/mol. The van der Waals surface area contributed by atoms with E-state index in [1.165, 1.54) is 12.3 Å². The van der Waals surface area contributed by atoms with Crippen LogP contribution in [0.4, 0.5) is 4.79 Å². The van der Waals surface area contributed by atoms with Crippen molar-refractivity contribution in [2.75, 3.05) is 26.2 Å². The van der Waals surface area contributed by atoms with Crippen LogP contribution < -0.4 is 10.6 Å². The van der Waals surface area contributed by atoms with Gasteiger partial charge in [0.15, 0.2) is 0 Å². The topological polar surface area (TPSA) is 101 Å². The van der Waals surface area contributed by atoms with Crippen LogP contribution >= 0.6 is 0 Å². The summed E-state index contributed by atoms with van der Waals surface area (Å²) < 4.78 is 5.00. The molecule has 2 rings (SSSR count). The average Bonchev–Trinajstić information content (AvgIpc) is 2.72. The van der Waals surface area contributed by atoms with Crippen LogP contribution in [0.5, 0.6) is 0 Å². The summed E-state index contributed by atoms with van der Waals surface area (Å²) in [5.74, 6) is -0.509. The standard InChI is InChI=1S/C20H30N4O4/c1-3-5-6-10-22-19(26)17-14-15(7-11-21-17)18(25)23-16-8-12-24(13-9-16)20(27)28-4-2/h7,11,14,16H,3-6,8-10,12-13H2,1-2H3,(H,22,26)(H,23,25). The lowest BCUT2D eigenvalue weighted by molar-refractivity contribution is 0.0859. The minimum atomic E-state index is -0.309. The Hall–Kier alpha value is -2.64. The molecule has 154 valence electrons. The average molecular weight is 390 g/mol. The van der Waals surface area contributed by atoms with Gasteiger partial charge in [0.1, 0.15) is 5.69 Å². The van der Waals surface area contributed by atoms with Crippen molar-refractivity contribution in [3.05, 3.63) is 29.6 Å². The summed E-state index contributed by atoms with van der Waals surface area (Å²) in [5, 5.41) is 5.80. The van der Waals surface area contributed by atoms with Crippen LogP contribution in [0.25, 0.3) is 0 Å². The number of nitrogens with zero attached hydrogens (tertiary/aromatic N) is 2. The fraction of sp³-hybridized carbons (Fsp3) is 0.600. The number of ether oxygens (including phenoxy) is 1. The Morgan fingerprint density at radius 2 is 1.93 bits per heavy atom. The van der Waals surface area contributed by atoms with Crippen LogP contribution in [-0.4, -0.2) is 60.1 Å². The molecule has 0 unspecified atom stereocenters. The highest BCUT2D eigenvalue weighted by Gasteiger charge is 2.25. The van der Waals surface area contributed by atoms with E-state index in [0.29, 0.717) is 44.6 Å². The van der Waals surface area contributed by atoms with Crippen LogP contribution in [0.15, 0.2) is 18.3 Å². The highest BCUT2D eigenvalue weighted by molar-refractivity contribution is 5.98. The van der Waals surface area contributed by atoms with E-state index >= 15 is 0 Å². The molecule has 1 aliphatic heterocycles.